The first-order valence-corrected chi connectivity index (χ1v) is 7.65. The first-order valence-electron chi connectivity index (χ1n) is 6.86. The summed E-state index contributed by atoms with van der Waals surface area (Å²) in [7, 11) is 0. The average Bonchev–Trinajstić information content (AvgIpc) is 2.44. The molecule has 3 heteroatoms. The van der Waals surface area contributed by atoms with Crippen molar-refractivity contribution in [1.29, 1.82) is 0 Å². The molecule has 0 amide bonds. The first kappa shape index (κ1) is 14.9. The van der Waals surface area contributed by atoms with Gasteiger partial charge in [-0.15, -0.1) is 0 Å². The van der Waals surface area contributed by atoms with Crippen LogP contribution in [0.1, 0.15) is 31.0 Å². The number of nitrogens with one attached hydrogen (secondary N) is 1. The van der Waals surface area contributed by atoms with Gasteiger partial charge in [-0.3, -0.25) is 0 Å². The van der Waals surface area contributed by atoms with E-state index in [0.29, 0.717) is 6.61 Å². The highest BCUT2D eigenvalue weighted by atomic mass is 79.9. The first-order chi connectivity index (χ1) is 9.61. The number of hydrogen-bond donors (Lipinski definition) is 1. The van der Waals surface area contributed by atoms with Gasteiger partial charge in [0.25, 0.3) is 0 Å². The van der Waals surface area contributed by atoms with E-state index in [1.54, 1.807) is 0 Å². The number of ether oxygens (including phenoxy) is 1. The number of benzene rings is 2. The molecule has 0 saturated carbocycles. The van der Waals surface area contributed by atoms with Crippen LogP contribution in [0.5, 0.6) is 5.75 Å². The minimum absolute atomic E-state index is 0.187. The molecule has 1 N–H and O–H groups in total. The van der Waals surface area contributed by atoms with Crippen molar-refractivity contribution in [3.05, 3.63) is 58.1 Å². The Kier molecular flexibility index (Phi) is 5.07. The molecular formula is C17H20BrNO. The van der Waals surface area contributed by atoms with Crippen molar-refractivity contribution in [3.8, 4) is 5.75 Å². The van der Waals surface area contributed by atoms with Crippen molar-refractivity contribution in [2.45, 2.75) is 26.8 Å². The van der Waals surface area contributed by atoms with Crippen LogP contribution in [0.15, 0.2) is 46.9 Å². The number of hydrogen-bond acceptors (Lipinski definition) is 2. The molecular weight excluding hydrogens is 314 g/mol. The lowest BCUT2D eigenvalue weighted by atomic mass is 10.1. The fourth-order valence-corrected chi connectivity index (χ4v) is 2.51. The second-order valence-electron chi connectivity index (χ2n) is 4.80. The van der Waals surface area contributed by atoms with E-state index in [9.17, 15) is 0 Å². The van der Waals surface area contributed by atoms with Gasteiger partial charge < -0.3 is 10.1 Å². The molecule has 2 rings (SSSR count). The van der Waals surface area contributed by atoms with Crippen LogP contribution in [0.3, 0.4) is 0 Å². The van der Waals surface area contributed by atoms with E-state index in [2.05, 4.69) is 59.4 Å². The molecule has 0 aromatic heterocycles. The van der Waals surface area contributed by atoms with Crippen LogP contribution in [-0.2, 0) is 0 Å². The third-order valence-corrected chi connectivity index (χ3v) is 4.09. The van der Waals surface area contributed by atoms with E-state index in [1.807, 2.05) is 25.1 Å². The van der Waals surface area contributed by atoms with Crippen LogP contribution in [0.25, 0.3) is 0 Å². The van der Waals surface area contributed by atoms with E-state index in [0.717, 1.165) is 15.9 Å². The van der Waals surface area contributed by atoms with Crippen molar-refractivity contribution in [1.82, 2.24) is 0 Å². The van der Waals surface area contributed by atoms with Crippen LogP contribution in [0.4, 0.5) is 5.69 Å². The molecule has 2 nitrogen and oxygen atoms in total. The molecule has 0 aliphatic heterocycles. The molecule has 2 aromatic rings. The molecule has 0 bridgehead atoms. The molecule has 0 saturated heterocycles. The van der Waals surface area contributed by atoms with Crippen LogP contribution >= 0.6 is 15.9 Å². The van der Waals surface area contributed by atoms with Crippen LogP contribution in [-0.4, -0.2) is 6.61 Å². The number of rotatable bonds is 5. The minimum Gasteiger partial charge on any atom is -0.494 e. The Balaban J connectivity index is 2.19. The van der Waals surface area contributed by atoms with E-state index in [1.165, 1.54) is 11.1 Å². The Morgan fingerprint density at radius 1 is 1.20 bits per heavy atom. The maximum atomic E-state index is 5.69. The molecule has 0 aliphatic carbocycles. The van der Waals surface area contributed by atoms with Gasteiger partial charge >= 0.3 is 0 Å². The minimum atomic E-state index is 0.187. The van der Waals surface area contributed by atoms with Gasteiger partial charge in [-0.2, -0.15) is 0 Å². The van der Waals surface area contributed by atoms with Crippen LogP contribution in [0, 0.1) is 6.92 Å². The lowest BCUT2D eigenvalue weighted by Gasteiger charge is -2.19. The van der Waals surface area contributed by atoms with Crippen molar-refractivity contribution < 1.29 is 4.74 Å². The Morgan fingerprint density at radius 2 is 1.95 bits per heavy atom. The lowest BCUT2D eigenvalue weighted by Crippen LogP contribution is -2.09. The normalized spacial score (nSPS) is 12.0. The third-order valence-electron chi connectivity index (χ3n) is 3.24. The molecule has 0 heterocycles. The van der Waals surface area contributed by atoms with Gasteiger partial charge in [0.1, 0.15) is 5.75 Å². The largest absolute Gasteiger partial charge is 0.494 e. The molecule has 0 fully saturated rings. The van der Waals surface area contributed by atoms with Gasteiger partial charge in [0.2, 0.25) is 0 Å². The van der Waals surface area contributed by atoms with Gasteiger partial charge in [-0.1, -0.05) is 40.2 Å². The zero-order valence-corrected chi connectivity index (χ0v) is 13.7. The summed E-state index contributed by atoms with van der Waals surface area (Å²) in [6, 6.07) is 14.7. The predicted molar refractivity (Wildman–Crippen MR) is 88.5 cm³/mol. The highest BCUT2D eigenvalue weighted by Gasteiger charge is 2.11. The smallest absolute Gasteiger partial charge is 0.124 e. The van der Waals surface area contributed by atoms with E-state index >= 15 is 0 Å². The SMILES string of the molecule is CCOc1ccccc1C(C)Nc1ccc(C)c(Br)c1. The van der Waals surface area contributed by atoms with Gasteiger partial charge in [-0.25, -0.2) is 0 Å². The number of aryl methyl sites for hydroxylation is 1. The molecule has 0 radical (unpaired) electrons. The summed E-state index contributed by atoms with van der Waals surface area (Å²) in [4.78, 5) is 0. The summed E-state index contributed by atoms with van der Waals surface area (Å²) in [5, 5.41) is 3.52. The van der Waals surface area contributed by atoms with Crippen molar-refractivity contribution in [2.75, 3.05) is 11.9 Å². The predicted octanol–water partition coefficient (Wildman–Crippen LogP) is 5.33. The molecule has 106 valence electrons. The van der Waals surface area contributed by atoms with Gasteiger partial charge in [0, 0.05) is 15.7 Å². The van der Waals surface area contributed by atoms with Crippen molar-refractivity contribution in [3.63, 3.8) is 0 Å². The Hall–Kier alpha value is -1.48. The molecule has 2 aromatic carbocycles. The standard InChI is InChI=1S/C17H20BrNO/c1-4-20-17-8-6-5-7-15(17)13(3)19-14-10-9-12(2)16(18)11-14/h5-11,13,19H,4H2,1-3H3. The quantitative estimate of drug-likeness (QED) is 0.798. The van der Waals surface area contributed by atoms with Crippen LogP contribution < -0.4 is 10.1 Å². The van der Waals surface area contributed by atoms with Crippen LogP contribution in [0.2, 0.25) is 0 Å². The second-order valence-corrected chi connectivity index (χ2v) is 5.66. The number of para-hydroxylation sites is 1. The van der Waals surface area contributed by atoms with Gasteiger partial charge in [0.05, 0.1) is 12.6 Å². The Morgan fingerprint density at radius 3 is 2.65 bits per heavy atom. The zero-order chi connectivity index (χ0) is 14.5. The second kappa shape index (κ2) is 6.80. The molecule has 1 atom stereocenters. The maximum absolute atomic E-state index is 5.69. The number of halogens is 1. The summed E-state index contributed by atoms with van der Waals surface area (Å²) < 4.78 is 6.81. The highest BCUT2D eigenvalue weighted by molar-refractivity contribution is 9.10. The van der Waals surface area contributed by atoms with E-state index in [-0.39, 0.29) is 6.04 Å². The van der Waals surface area contributed by atoms with Crippen molar-refractivity contribution in [2.24, 2.45) is 0 Å². The molecule has 1 unspecified atom stereocenters. The third kappa shape index (κ3) is 3.54. The molecule has 20 heavy (non-hydrogen) atoms. The molecule has 0 aliphatic rings. The topological polar surface area (TPSA) is 21.3 Å². The van der Waals surface area contributed by atoms with E-state index in [4.69, 9.17) is 4.74 Å². The van der Waals surface area contributed by atoms with Crippen molar-refractivity contribution >= 4 is 21.6 Å². The molecule has 0 spiro atoms. The fraction of sp³-hybridized carbons (Fsp3) is 0.294. The zero-order valence-electron chi connectivity index (χ0n) is 12.1. The monoisotopic (exact) mass is 333 g/mol. The van der Waals surface area contributed by atoms with Gasteiger partial charge in [-0.05, 0) is 44.5 Å². The number of anilines is 1. The Labute approximate surface area is 129 Å². The average molecular weight is 334 g/mol. The summed E-state index contributed by atoms with van der Waals surface area (Å²) in [5.74, 6) is 0.946. The maximum Gasteiger partial charge on any atom is 0.124 e. The van der Waals surface area contributed by atoms with E-state index < -0.39 is 0 Å². The summed E-state index contributed by atoms with van der Waals surface area (Å²) in [5.41, 5.74) is 3.50. The van der Waals surface area contributed by atoms with Gasteiger partial charge in [0.15, 0.2) is 0 Å². The highest BCUT2D eigenvalue weighted by Crippen LogP contribution is 2.29. The lowest BCUT2D eigenvalue weighted by molar-refractivity contribution is 0.335. The summed E-state index contributed by atoms with van der Waals surface area (Å²) in [6.07, 6.45) is 0. The fourth-order valence-electron chi connectivity index (χ4n) is 2.14. The Bertz CT molecular complexity index is 583. The summed E-state index contributed by atoms with van der Waals surface area (Å²) in [6.45, 7) is 6.92. The summed E-state index contributed by atoms with van der Waals surface area (Å²) >= 11 is 3.57.